The standard InChI is InChI=1S/C9H18O4/c1-2-12-5-3-4-6-13-9(7-10)8-11/h2,9-11H,1,3-8H2. The first-order chi connectivity index (χ1) is 6.35. The molecule has 0 saturated heterocycles. The van der Waals surface area contributed by atoms with Gasteiger partial charge in [0.15, 0.2) is 0 Å². The van der Waals surface area contributed by atoms with Gasteiger partial charge in [-0.2, -0.15) is 0 Å². The van der Waals surface area contributed by atoms with Crippen molar-refractivity contribution >= 4 is 0 Å². The number of ether oxygens (including phenoxy) is 2. The molecule has 0 aromatic rings. The lowest BCUT2D eigenvalue weighted by Gasteiger charge is -2.11. The highest BCUT2D eigenvalue weighted by atomic mass is 16.5. The average Bonchev–Trinajstić information content (AvgIpc) is 2.17. The lowest BCUT2D eigenvalue weighted by molar-refractivity contribution is -0.0216. The van der Waals surface area contributed by atoms with Gasteiger partial charge in [-0.3, -0.25) is 0 Å². The summed E-state index contributed by atoms with van der Waals surface area (Å²) in [5, 5.41) is 17.3. The molecule has 0 atom stereocenters. The molecule has 0 amide bonds. The topological polar surface area (TPSA) is 58.9 Å². The maximum Gasteiger partial charge on any atom is 0.104 e. The highest BCUT2D eigenvalue weighted by molar-refractivity contribution is 4.52. The monoisotopic (exact) mass is 190 g/mol. The Balaban J connectivity index is 3.09. The van der Waals surface area contributed by atoms with Gasteiger partial charge in [0.05, 0.1) is 26.1 Å². The van der Waals surface area contributed by atoms with Crippen molar-refractivity contribution in [2.75, 3.05) is 26.4 Å². The number of rotatable bonds is 9. The van der Waals surface area contributed by atoms with Crippen molar-refractivity contribution < 1.29 is 19.7 Å². The van der Waals surface area contributed by atoms with Crippen LogP contribution in [0.2, 0.25) is 0 Å². The third kappa shape index (κ3) is 7.77. The zero-order valence-electron chi connectivity index (χ0n) is 7.82. The first kappa shape index (κ1) is 12.4. The van der Waals surface area contributed by atoms with Crippen LogP contribution in [0.15, 0.2) is 12.8 Å². The number of hydrogen-bond acceptors (Lipinski definition) is 4. The smallest absolute Gasteiger partial charge is 0.104 e. The van der Waals surface area contributed by atoms with Gasteiger partial charge in [-0.1, -0.05) is 6.58 Å². The molecule has 0 unspecified atom stereocenters. The molecule has 4 nitrogen and oxygen atoms in total. The Morgan fingerprint density at radius 2 is 1.77 bits per heavy atom. The molecular weight excluding hydrogens is 172 g/mol. The van der Waals surface area contributed by atoms with E-state index < -0.39 is 6.10 Å². The van der Waals surface area contributed by atoms with Crippen molar-refractivity contribution in [2.45, 2.75) is 18.9 Å². The normalized spacial score (nSPS) is 10.4. The molecule has 0 saturated carbocycles. The Bertz CT molecular complexity index is 112. The second-order valence-corrected chi connectivity index (χ2v) is 2.60. The summed E-state index contributed by atoms with van der Waals surface area (Å²) in [6.45, 7) is 4.30. The van der Waals surface area contributed by atoms with Crippen LogP contribution in [-0.2, 0) is 9.47 Å². The van der Waals surface area contributed by atoms with E-state index in [4.69, 9.17) is 19.7 Å². The second-order valence-electron chi connectivity index (χ2n) is 2.60. The van der Waals surface area contributed by atoms with Crippen molar-refractivity contribution in [3.8, 4) is 0 Å². The Hall–Kier alpha value is -0.580. The second kappa shape index (κ2) is 9.51. The molecule has 0 aromatic carbocycles. The zero-order chi connectivity index (χ0) is 9.94. The van der Waals surface area contributed by atoms with Crippen molar-refractivity contribution in [1.82, 2.24) is 0 Å². The van der Waals surface area contributed by atoms with Crippen LogP contribution in [0, 0.1) is 0 Å². The van der Waals surface area contributed by atoms with E-state index in [1.807, 2.05) is 0 Å². The van der Waals surface area contributed by atoms with E-state index in [0.29, 0.717) is 13.2 Å². The van der Waals surface area contributed by atoms with Crippen LogP contribution in [0.5, 0.6) is 0 Å². The third-order valence-electron chi connectivity index (χ3n) is 1.54. The van der Waals surface area contributed by atoms with Crippen LogP contribution >= 0.6 is 0 Å². The average molecular weight is 190 g/mol. The van der Waals surface area contributed by atoms with Crippen molar-refractivity contribution in [3.63, 3.8) is 0 Å². The molecule has 4 heteroatoms. The van der Waals surface area contributed by atoms with E-state index in [1.54, 1.807) is 0 Å². The lowest BCUT2D eigenvalue weighted by Crippen LogP contribution is -2.22. The molecule has 78 valence electrons. The Morgan fingerprint density at radius 3 is 2.31 bits per heavy atom. The van der Waals surface area contributed by atoms with Gasteiger partial charge in [0.25, 0.3) is 0 Å². The fraction of sp³-hybridized carbons (Fsp3) is 0.778. The van der Waals surface area contributed by atoms with E-state index in [9.17, 15) is 0 Å². The van der Waals surface area contributed by atoms with E-state index >= 15 is 0 Å². The van der Waals surface area contributed by atoms with Gasteiger partial charge in [-0.15, -0.1) is 0 Å². The van der Waals surface area contributed by atoms with Crippen molar-refractivity contribution in [1.29, 1.82) is 0 Å². The molecule has 0 aliphatic heterocycles. The Morgan fingerprint density at radius 1 is 1.15 bits per heavy atom. The molecule has 0 radical (unpaired) electrons. The van der Waals surface area contributed by atoms with Gasteiger partial charge in [0, 0.05) is 6.61 Å². The molecule has 13 heavy (non-hydrogen) atoms. The molecule has 0 aliphatic carbocycles. The van der Waals surface area contributed by atoms with E-state index in [1.165, 1.54) is 6.26 Å². The van der Waals surface area contributed by atoms with E-state index in [-0.39, 0.29) is 13.2 Å². The molecule has 0 spiro atoms. The molecule has 0 bridgehead atoms. The Labute approximate surface area is 78.8 Å². The van der Waals surface area contributed by atoms with Crippen LogP contribution in [-0.4, -0.2) is 42.7 Å². The summed E-state index contributed by atoms with van der Waals surface area (Å²) in [5.41, 5.74) is 0. The number of aliphatic hydroxyl groups excluding tert-OH is 2. The largest absolute Gasteiger partial charge is 0.502 e. The molecule has 0 rings (SSSR count). The predicted molar refractivity (Wildman–Crippen MR) is 49.3 cm³/mol. The summed E-state index contributed by atoms with van der Waals surface area (Å²) >= 11 is 0. The minimum atomic E-state index is -0.444. The minimum Gasteiger partial charge on any atom is -0.502 e. The van der Waals surface area contributed by atoms with Crippen LogP contribution < -0.4 is 0 Å². The van der Waals surface area contributed by atoms with Crippen molar-refractivity contribution in [2.24, 2.45) is 0 Å². The van der Waals surface area contributed by atoms with Crippen LogP contribution in [0.1, 0.15) is 12.8 Å². The maximum absolute atomic E-state index is 8.64. The number of hydrogen-bond donors (Lipinski definition) is 2. The van der Waals surface area contributed by atoms with Crippen LogP contribution in [0.25, 0.3) is 0 Å². The Kier molecular flexibility index (Phi) is 9.08. The fourth-order valence-corrected chi connectivity index (χ4v) is 0.784. The van der Waals surface area contributed by atoms with Gasteiger partial charge >= 0.3 is 0 Å². The maximum atomic E-state index is 8.64. The fourth-order valence-electron chi connectivity index (χ4n) is 0.784. The molecule has 0 fully saturated rings. The summed E-state index contributed by atoms with van der Waals surface area (Å²) in [7, 11) is 0. The number of unbranched alkanes of at least 4 members (excludes halogenated alkanes) is 1. The third-order valence-corrected chi connectivity index (χ3v) is 1.54. The SMILES string of the molecule is C=COCCCCOC(CO)CO. The molecule has 2 N–H and O–H groups in total. The van der Waals surface area contributed by atoms with Gasteiger partial charge in [-0.25, -0.2) is 0 Å². The van der Waals surface area contributed by atoms with Gasteiger partial charge in [0.2, 0.25) is 0 Å². The zero-order valence-corrected chi connectivity index (χ0v) is 7.82. The van der Waals surface area contributed by atoms with Gasteiger partial charge in [0.1, 0.15) is 6.10 Å². The molecular formula is C9H18O4. The van der Waals surface area contributed by atoms with E-state index in [2.05, 4.69) is 6.58 Å². The lowest BCUT2D eigenvalue weighted by atomic mass is 10.3. The summed E-state index contributed by atoms with van der Waals surface area (Å²) in [6.07, 6.45) is 2.70. The molecule has 0 aromatic heterocycles. The first-order valence-corrected chi connectivity index (χ1v) is 4.41. The highest BCUT2D eigenvalue weighted by Gasteiger charge is 2.04. The minimum absolute atomic E-state index is 0.139. The first-order valence-electron chi connectivity index (χ1n) is 4.41. The quantitative estimate of drug-likeness (QED) is 0.405. The molecule has 0 heterocycles. The highest BCUT2D eigenvalue weighted by Crippen LogP contribution is 1.95. The van der Waals surface area contributed by atoms with Crippen LogP contribution in [0.3, 0.4) is 0 Å². The predicted octanol–water partition coefficient (Wildman–Crippen LogP) is 0.297. The van der Waals surface area contributed by atoms with Crippen molar-refractivity contribution in [3.05, 3.63) is 12.8 Å². The van der Waals surface area contributed by atoms with Crippen LogP contribution in [0.4, 0.5) is 0 Å². The summed E-state index contributed by atoms with van der Waals surface area (Å²) in [5.74, 6) is 0. The van der Waals surface area contributed by atoms with E-state index in [0.717, 1.165) is 12.8 Å². The summed E-state index contributed by atoms with van der Waals surface area (Å²) in [6, 6.07) is 0. The number of aliphatic hydroxyl groups is 2. The van der Waals surface area contributed by atoms with Gasteiger partial charge < -0.3 is 19.7 Å². The van der Waals surface area contributed by atoms with Gasteiger partial charge in [-0.05, 0) is 12.8 Å². The molecule has 0 aliphatic rings. The summed E-state index contributed by atoms with van der Waals surface area (Å²) in [4.78, 5) is 0. The summed E-state index contributed by atoms with van der Waals surface area (Å²) < 4.78 is 10.0.